The largest absolute Gasteiger partial charge is 0.508 e. The van der Waals surface area contributed by atoms with Crippen molar-refractivity contribution in [1.29, 1.82) is 0 Å². The number of phenolic OH excluding ortho intramolecular Hbond substituents is 1. The number of carbonyl (C=O) groups excluding carboxylic acids is 1. The summed E-state index contributed by atoms with van der Waals surface area (Å²) >= 11 is 0. The van der Waals surface area contributed by atoms with Crippen LogP contribution in [0.2, 0.25) is 0 Å². The van der Waals surface area contributed by atoms with E-state index in [-0.39, 0.29) is 50.8 Å². The van der Waals surface area contributed by atoms with Crippen LogP contribution in [0.15, 0.2) is 30.5 Å². The number of likely N-dealkylation sites (tertiary alicyclic amines) is 2. The highest BCUT2D eigenvalue weighted by molar-refractivity contribution is 6.03. The molecule has 1 saturated carbocycles. The number of hydrogen-bond donors (Lipinski definition) is 1. The minimum absolute atomic E-state index is 0.0242. The van der Waals surface area contributed by atoms with Gasteiger partial charge >= 0.3 is 6.01 Å². The van der Waals surface area contributed by atoms with E-state index in [9.17, 15) is 14.3 Å². The second-order valence-corrected chi connectivity index (χ2v) is 14.9. The summed E-state index contributed by atoms with van der Waals surface area (Å²) in [6.45, 7) is 8.16. The molecule has 272 valence electrons. The van der Waals surface area contributed by atoms with Gasteiger partial charge < -0.3 is 24.4 Å². The molecule has 4 aliphatic rings. The highest BCUT2D eigenvalue weighted by atomic mass is 19.1. The molecule has 3 saturated heterocycles. The van der Waals surface area contributed by atoms with Crippen molar-refractivity contribution in [3.8, 4) is 35.4 Å². The fourth-order valence-corrected chi connectivity index (χ4v) is 9.07. The first-order chi connectivity index (χ1) is 25.2. The molecule has 0 radical (unpaired) electrons. The van der Waals surface area contributed by atoms with E-state index in [0.717, 1.165) is 71.1 Å². The smallest absolute Gasteiger partial charge is 0.319 e. The Balaban J connectivity index is 1.14. The molecule has 8 rings (SSSR count). The normalized spacial score (nSPS) is 22.6. The lowest BCUT2D eigenvalue weighted by Gasteiger charge is -2.47. The molecule has 2 aromatic carbocycles. The molecule has 2 aromatic heterocycles. The minimum Gasteiger partial charge on any atom is -0.508 e. The van der Waals surface area contributed by atoms with Gasteiger partial charge in [0.15, 0.2) is 5.82 Å². The molecule has 3 aliphatic heterocycles. The maximum Gasteiger partial charge on any atom is 0.319 e. The second kappa shape index (κ2) is 14.1. The quantitative estimate of drug-likeness (QED) is 0.223. The van der Waals surface area contributed by atoms with E-state index >= 15 is 4.39 Å². The first-order valence-corrected chi connectivity index (χ1v) is 18.5. The number of ether oxygens (including phenoxy) is 2. The zero-order valence-corrected chi connectivity index (χ0v) is 29.5. The number of hydrogen-bond acceptors (Lipinski definition) is 9. The van der Waals surface area contributed by atoms with Crippen LogP contribution in [0.3, 0.4) is 0 Å². The van der Waals surface area contributed by atoms with E-state index in [1.54, 1.807) is 6.92 Å². The number of benzene rings is 2. The van der Waals surface area contributed by atoms with Crippen LogP contribution in [-0.4, -0.2) is 101 Å². The van der Waals surface area contributed by atoms with Gasteiger partial charge in [-0.3, -0.25) is 14.7 Å². The summed E-state index contributed by atoms with van der Waals surface area (Å²) in [5.74, 6) is 2.12. The summed E-state index contributed by atoms with van der Waals surface area (Å²) in [5, 5.41) is 11.8. The highest BCUT2D eigenvalue weighted by Crippen LogP contribution is 2.48. The SMILES string of the molecule is C#Cc1c(F)ccc2cc(O)cc(-c3ncc4c(N5CCCOCC5)nc(OCC56CCCC5N(CCC5CN(C(C)=O)C5)CCC6)nc4c3F)c12. The van der Waals surface area contributed by atoms with Gasteiger partial charge in [-0.05, 0) is 81.1 Å². The molecule has 5 heterocycles. The Morgan fingerprint density at radius 1 is 1.12 bits per heavy atom. The Hall–Kier alpha value is -4.60. The average molecular weight is 711 g/mol. The van der Waals surface area contributed by atoms with E-state index in [1.807, 2.05) is 4.90 Å². The molecule has 0 bridgehead atoms. The van der Waals surface area contributed by atoms with Gasteiger partial charge in [0.1, 0.15) is 28.6 Å². The van der Waals surface area contributed by atoms with E-state index in [2.05, 4.69) is 25.7 Å². The Bertz CT molecular complexity index is 2060. The van der Waals surface area contributed by atoms with Crippen molar-refractivity contribution < 1.29 is 28.2 Å². The summed E-state index contributed by atoms with van der Waals surface area (Å²) in [6, 6.07) is 6.02. The molecular formula is C40H44F2N6O4. The molecule has 10 nitrogen and oxygen atoms in total. The second-order valence-electron chi connectivity index (χ2n) is 14.9. The standard InChI is InChI=1S/C40H44F2N6O4/c1-3-29-32(41)9-8-27-19-28(50)20-30(34(27)29)36-35(42)37-31(21-43-36)38(47-14-6-17-51-18-16-47)45-39(44-37)52-24-40-11-4-7-33(40)46(13-5-12-40)15-10-26-22-48(23-26)25(2)49/h1,8-9,19-21,26,33,50H,4-7,10-18,22-24H2,2H3. The van der Waals surface area contributed by atoms with Gasteiger partial charge in [-0.15, -0.1) is 6.42 Å². The molecule has 2 unspecified atom stereocenters. The van der Waals surface area contributed by atoms with Gasteiger partial charge in [-0.25, -0.2) is 8.78 Å². The molecule has 12 heteroatoms. The summed E-state index contributed by atoms with van der Waals surface area (Å²) in [7, 11) is 0. The van der Waals surface area contributed by atoms with Gasteiger partial charge in [0, 0.05) is 68.3 Å². The van der Waals surface area contributed by atoms with E-state index in [0.29, 0.717) is 61.5 Å². The van der Waals surface area contributed by atoms with Crippen molar-refractivity contribution in [2.75, 3.05) is 64.0 Å². The summed E-state index contributed by atoms with van der Waals surface area (Å²) in [6.07, 6.45) is 14.5. The number of piperidine rings is 1. The van der Waals surface area contributed by atoms with E-state index in [4.69, 9.17) is 20.9 Å². The zero-order valence-electron chi connectivity index (χ0n) is 29.5. The minimum atomic E-state index is -0.740. The number of phenols is 1. The van der Waals surface area contributed by atoms with E-state index < -0.39 is 11.6 Å². The molecular weight excluding hydrogens is 666 g/mol. The number of aromatic hydroxyl groups is 1. The first-order valence-electron chi connectivity index (χ1n) is 18.5. The molecule has 4 aromatic rings. The number of rotatable bonds is 8. The third kappa shape index (κ3) is 6.28. The number of pyridine rings is 1. The third-order valence-corrected chi connectivity index (χ3v) is 11.8. The molecule has 1 N–H and O–H groups in total. The topological polar surface area (TPSA) is 104 Å². The van der Waals surface area contributed by atoms with Crippen molar-refractivity contribution in [2.24, 2.45) is 11.3 Å². The van der Waals surface area contributed by atoms with Gasteiger partial charge in [0.25, 0.3) is 0 Å². The van der Waals surface area contributed by atoms with Gasteiger partial charge in [-0.2, -0.15) is 9.97 Å². The maximum absolute atomic E-state index is 17.0. The van der Waals surface area contributed by atoms with Crippen molar-refractivity contribution in [1.82, 2.24) is 24.8 Å². The van der Waals surface area contributed by atoms with Crippen molar-refractivity contribution in [2.45, 2.75) is 57.9 Å². The zero-order chi connectivity index (χ0) is 36.0. The van der Waals surface area contributed by atoms with Crippen molar-refractivity contribution in [3.05, 3.63) is 47.7 Å². The summed E-state index contributed by atoms with van der Waals surface area (Å²) in [4.78, 5) is 32.4. The molecule has 2 atom stereocenters. The fraction of sp³-hybridized carbons (Fsp3) is 0.500. The molecule has 52 heavy (non-hydrogen) atoms. The number of fused-ring (bicyclic) bond motifs is 3. The van der Waals surface area contributed by atoms with Crippen LogP contribution in [-0.2, 0) is 9.53 Å². The van der Waals surface area contributed by atoms with E-state index in [1.165, 1.54) is 30.5 Å². The van der Waals surface area contributed by atoms with Crippen LogP contribution < -0.4 is 9.64 Å². The highest BCUT2D eigenvalue weighted by Gasteiger charge is 2.48. The van der Waals surface area contributed by atoms with Crippen LogP contribution in [0.1, 0.15) is 57.4 Å². The van der Waals surface area contributed by atoms with Gasteiger partial charge in [0.05, 0.1) is 24.2 Å². The van der Waals surface area contributed by atoms with Crippen molar-refractivity contribution >= 4 is 33.4 Å². The number of halogens is 2. The molecule has 0 spiro atoms. The van der Waals surface area contributed by atoms with Crippen LogP contribution >= 0.6 is 0 Å². The third-order valence-electron chi connectivity index (χ3n) is 11.8. The summed E-state index contributed by atoms with van der Waals surface area (Å²) in [5.41, 5.74) is -0.0188. The Labute approximate surface area is 302 Å². The fourth-order valence-electron chi connectivity index (χ4n) is 9.07. The van der Waals surface area contributed by atoms with Crippen LogP contribution in [0.4, 0.5) is 14.6 Å². The summed E-state index contributed by atoms with van der Waals surface area (Å²) < 4.78 is 44.2. The van der Waals surface area contributed by atoms with Crippen LogP contribution in [0.5, 0.6) is 11.8 Å². The molecule has 1 aliphatic carbocycles. The maximum atomic E-state index is 17.0. The Morgan fingerprint density at radius 2 is 1.96 bits per heavy atom. The number of amides is 1. The number of nitrogens with zero attached hydrogens (tertiary/aromatic N) is 6. The first kappa shape index (κ1) is 34.5. The number of terminal acetylenes is 1. The molecule has 4 fully saturated rings. The Morgan fingerprint density at radius 3 is 2.79 bits per heavy atom. The number of aromatic nitrogens is 3. The lowest BCUT2D eigenvalue weighted by molar-refractivity contribution is -0.135. The number of carbonyl (C=O) groups is 1. The van der Waals surface area contributed by atoms with Crippen LogP contribution in [0, 0.1) is 35.3 Å². The lowest BCUT2D eigenvalue weighted by atomic mass is 9.75. The average Bonchev–Trinajstić information content (AvgIpc) is 3.37. The van der Waals surface area contributed by atoms with Gasteiger partial charge in [-0.1, -0.05) is 18.4 Å². The molecule has 1 amide bonds. The number of anilines is 1. The lowest BCUT2D eigenvalue weighted by Crippen LogP contribution is -2.54. The predicted molar refractivity (Wildman–Crippen MR) is 194 cm³/mol. The Kier molecular flexibility index (Phi) is 9.34. The van der Waals surface area contributed by atoms with Crippen LogP contribution in [0.25, 0.3) is 32.9 Å². The van der Waals surface area contributed by atoms with Crippen molar-refractivity contribution in [3.63, 3.8) is 0 Å². The predicted octanol–water partition coefficient (Wildman–Crippen LogP) is 5.92. The monoisotopic (exact) mass is 710 g/mol. The van der Waals surface area contributed by atoms with Gasteiger partial charge in [0.2, 0.25) is 5.91 Å².